The molecule has 2 aromatic carbocycles. The lowest BCUT2D eigenvalue weighted by atomic mass is 10.1. The van der Waals surface area contributed by atoms with Crippen LogP contribution in [0.1, 0.15) is 23.0 Å². The monoisotopic (exact) mass is 360 g/mol. The average Bonchev–Trinajstić information content (AvgIpc) is 3.12. The molecule has 0 bridgehead atoms. The van der Waals surface area contributed by atoms with Gasteiger partial charge < -0.3 is 10.3 Å². The van der Waals surface area contributed by atoms with Crippen molar-refractivity contribution in [2.45, 2.75) is 19.9 Å². The second-order valence-corrected chi connectivity index (χ2v) is 6.38. The standard InChI is InChI=1S/C21H20N4O2/c1-2-25-18-10-6-4-8-16(18)20(26)19(24-25)21(27)22-12-11-14-13-23-17-9-5-3-7-15(14)17/h3-10,13,23H,2,11-12H2,1H3,(H,22,27). The molecule has 0 spiro atoms. The maximum absolute atomic E-state index is 12.7. The van der Waals surface area contributed by atoms with Crippen LogP contribution in [0.15, 0.2) is 59.5 Å². The molecule has 0 aliphatic heterocycles. The van der Waals surface area contributed by atoms with Crippen LogP contribution >= 0.6 is 0 Å². The van der Waals surface area contributed by atoms with Gasteiger partial charge in [0.1, 0.15) is 0 Å². The summed E-state index contributed by atoms with van der Waals surface area (Å²) in [5.41, 5.74) is 2.54. The molecule has 6 heteroatoms. The predicted molar refractivity (Wildman–Crippen MR) is 106 cm³/mol. The number of para-hydroxylation sites is 2. The normalized spacial score (nSPS) is 11.1. The lowest BCUT2D eigenvalue weighted by Gasteiger charge is -2.10. The van der Waals surface area contributed by atoms with Crippen molar-refractivity contribution in [1.82, 2.24) is 20.1 Å². The average molecular weight is 360 g/mol. The largest absolute Gasteiger partial charge is 0.361 e. The smallest absolute Gasteiger partial charge is 0.275 e. The molecule has 2 heterocycles. The maximum Gasteiger partial charge on any atom is 0.275 e. The SMILES string of the molecule is CCn1nc(C(=O)NCCc2c[nH]c3ccccc23)c(=O)c2ccccc21. The van der Waals surface area contributed by atoms with E-state index in [1.165, 1.54) is 0 Å². The maximum atomic E-state index is 12.7. The van der Waals surface area contributed by atoms with Crippen molar-refractivity contribution >= 4 is 27.7 Å². The third-order valence-corrected chi connectivity index (χ3v) is 4.73. The minimum absolute atomic E-state index is 0.0607. The number of aryl methyl sites for hydroxylation is 1. The molecule has 0 saturated carbocycles. The Bertz CT molecular complexity index is 1190. The summed E-state index contributed by atoms with van der Waals surface area (Å²) < 4.78 is 1.69. The van der Waals surface area contributed by atoms with E-state index in [1.54, 1.807) is 16.8 Å². The van der Waals surface area contributed by atoms with Gasteiger partial charge in [0.15, 0.2) is 5.69 Å². The highest BCUT2D eigenvalue weighted by molar-refractivity contribution is 5.95. The number of aromatic amines is 1. The summed E-state index contributed by atoms with van der Waals surface area (Å²) in [6.07, 6.45) is 2.63. The topological polar surface area (TPSA) is 79.8 Å². The fourth-order valence-corrected chi connectivity index (χ4v) is 3.36. The van der Waals surface area contributed by atoms with Crippen LogP contribution in [0.25, 0.3) is 21.8 Å². The second kappa shape index (κ2) is 7.07. The predicted octanol–water partition coefficient (Wildman–Crippen LogP) is 2.87. The van der Waals surface area contributed by atoms with Crippen molar-refractivity contribution in [1.29, 1.82) is 0 Å². The van der Waals surface area contributed by atoms with Gasteiger partial charge in [-0.15, -0.1) is 0 Å². The third kappa shape index (κ3) is 3.10. The van der Waals surface area contributed by atoms with Crippen LogP contribution in [0.4, 0.5) is 0 Å². The minimum atomic E-state index is -0.437. The molecule has 0 saturated heterocycles. The van der Waals surface area contributed by atoms with E-state index < -0.39 is 5.91 Å². The molecule has 0 radical (unpaired) electrons. The Morgan fingerprint density at radius 2 is 1.85 bits per heavy atom. The number of nitrogens with zero attached hydrogens (tertiary/aromatic N) is 2. The van der Waals surface area contributed by atoms with Crippen LogP contribution < -0.4 is 10.7 Å². The summed E-state index contributed by atoms with van der Waals surface area (Å²) in [7, 11) is 0. The number of fused-ring (bicyclic) bond motifs is 2. The number of aromatic nitrogens is 3. The molecule has 2 aromatic heterocycles. The first kappa shape index (κ1) is 17.0. The van der Waals surface area contributed by atoms with Crippen LogP contribution in [0.2, 0.25) is 0 Å². The van der Waals surface area contributed by atoms with Gasteiger partial charge in [0.2, 0.25) is 5.43 Å². The van der Waals surface area contributed by atoms with Crippen molar-refractivity contribution in [2.75, 3.05) is 6.54 Å². The molecule has 0 aliphatic rings. The number of hydrogen-bond donors (Lipinski definition) is 2. The van der Waals surface area contributed by atoms with Gasteiger partial charge in [-0.2, -0.15) is 5.10 Å². The van der Waals surface area contributed by atoms with Crippen LogP contribution in [0, 0.1) is 0 Å². The lowest BCUT2D eigenvalue weighted by molar-refractivity contribution is 0.0946. The zero-order valence-corrected chi connectivity index (χ0v) is 15.0. The molecule has 27 heavy (non-hydrogen) atoms. The van der Waals surface area contributed by atoms with E-state index in [-0.39, 0.29) is 11.1 Å². The zero-order chi connectivity index (χ0) is 18.8. The minimum Gasteiger partial charge on any atom is -0.361 e. The summed E-state index contributed by atoms with van der Waals surface area (Å²) in [5.74, 6) is -0.437. The highest BCUT2D eigenvalue weighted by atomic mass is 16.2. The van der Waals surface area contributed by atoms with Gasteiger partial charge in [-0.05, 0) is 37.1 Å². The molecule has 6 nitrogen and oxygen atoms in total. The van der Waals surface area contributed by atoms with Gasteiger partial charge in [-0.3, -0.25) is 14.3 Å². The number of hydrogen-bond acceptors (Lipinski definition) is 3. The van der Waals surface area contributed by atoms with E-state index in [2.05, 4.69) is 15.4 Å². The van der Waals surface area contributed by atoms with Gasteiger partial charge in [0.05, 0.1) is 5.52 Å². The van der Waals surface area contributed by atoms with Crippen LogP contribution in [0.3, 0.4) is 0 Å². The van der Waals surface area contributed by atoms with Crippen molar-refractivity contribution < 1.29 is 4.79 Å². The first-order valence-electron chi connectivity index (χ1n) is 9.02. The number of amides is 1. The van der Waals surface area contributed by atoms with Gasteiger partial charge in [-0.1, -0.05) is 30.3 Å². The molecule has 0 fully saturated rings. The summed E-state index contributed by atoms with van der Waals surface area (Å²) in [6, 6.07) is 15.3. The summed E-state index contributed by atoms with van der Waals surface area (Å²) in [4.78, 5) is 28.5. The van der Waals surface area contributed by atoms with Crippen LogP contribution in [-0.4, -0.2) is 27.2 Å². The molecule has 2 N–H and O–H groups in total. The molecule has 1 amide bonds. The molecule has 4 rings (SSSR count). The number of carbonyl (C=O) groups excluding carboxylic acids is 1. The molecular weight excluding hydrogens is 340 g/mol. The van der Waals surface area contributed by atoms with E-state index in [0.717, 1.165) is 22.0 Å². The number of benzene rings is 2. The number of nitrogens with one attached hydrogen (secondary N) is 2. The van der Waals surface area contributed by atoms with E-state index >= 15 is 0 Å². The van der Waals surface area contributed by atoms with Gasteiger partial charge >= 0.3 is 0 Å². The molecule has 0 atom stereocenters. The van der Waals surface area contributed by atoms with Gasteiger partial charge in [0.25, 0.3) is 5.91 Å². The van der Waals surface area contributed by atoms with Crippen molar-refractivity contribution in [2.24, 2.45) is 0 Å². The summed E-state index contributed by atoms with van der Waals surface area (Å²) >= 11 is 0. The van der Waals surface area contributed by atoms with Gasteiger partial charge in [0, 0.05) is 35.6 Å². The molecule has 4 aromatic rings. The van der Waals surface area contributed by atoms with E-state index in [0.29, 0.717) is 24.9 Å². The molecule has 136 valence electrons. The Hall–Kier alpha value is -3.41. The lowest BCUT2D eigenvalue weighted by Crippen LogP contribution is -2.33. The second-order valence-electron chi connectivity index (χ2n) is 6.38. The Morgan fingerprint density at radius 3 is 2.67 bits per heavy atom. The number of carbonyl (C=O) groups is 1. The van der Waals surface area contributed by atoms with Crippen molar-refractivity contribution in [3.63, 3.8) is 0 Å². The van der Waals surface area contributed by atoms with E-state index in [1.807, 2.05) is 49.5 Å². The Morgan fingerprint density at radius 1 is 1.11 bits per heavy atom. The number of rotatable bonds is 5. The summed E-state index contributed by atoms with van der Waals surface area (Å²) in [5, 5.41) is 8.75. The van der Waals surface area contributed by atoms with Gasteiger partial charge in [-0.25, -0.2) is 0 Å². The van der Waals surface area contributed by atoms with E-state index in [4.69, 9.17) is 0 Å². The Kier molecular flexibility index (Phi) is 4.46. The molecule has 0 unspecified atom stereocenters. The zero-order valence-electron chi connectivity index (χ0n) is 15.0. The number of H-pyrrole nitrogens is 1. The Labute approximate surface area is 155 Å². The highest BCUT2D eigenvalue weighted by Gasteiger charge is 2.16. The van der Waals surface area contributed by atoms with E-state index in [9.17, 15) is 9.59 Å². The van der Waals surface area contributed by atoms with Crippen molar-refractivity contribution in [3.8, 4) is 0 Å². The van der Waals surface area contributed by atoms with Crippen LogP contribution in [0.5, 0.6) is 0 Å². The highest BCUT2D eigenvalue weighted by Crippen LogP contribution is 2.17. The Balaban J connectivity index is 1.55. The van der Waals surface area contributed by atoms with Crippen molar-refractivity contribution in [3.05, 3.63) is 76.2 Å². The molecular formula is C21H20N4O2. The quantitative estimate of drug-likeness (QED) is 0.574. The molecule has 0 aliphatic carbocycles. The summed E-state index contributed by atoms with van der Waals surface area (Å²) in [6.45, 7) is 2.94. The first-order valence-corrected chi connectivity index (χ1v) is 9.02. The van der Waals surface area contributed by atoms with Crippen LogP contribution in [-0.2, 0) is 13.0 Å². The first-order chi connectivity index (χ1) is 13.2. The fourth-order valence-electron chi connectivity index (χ4n) is 3.36. The third-order valence-electron chi connectivity index (χ3n) is 4.73. The fraction of sp³-hybridized carbons (Fsp3) is 0.190.